The van der Waals surface area contributed by atoms with Crippen LogP contribution >= 0.6 is 22.7 Å². The summed E-state index contributed by atoms with van der Waals surface area (Å²) in [4.78, 5) is 21.4. The molecule has 3 aromatic heterocycles. The molecule has 4 rings (SSSR count). The Morgan fingerprint density at radius 1 is 1.16 bits per heavy atom. The number of nitrogens with one attached hydrogen (secondary N) is 1. The molecule has 1 N–H and O–H groups in total. The van der Waals surface area contributed by atoms with Gasteiger partial charge >= 0.3 is 12.8 Å². The van der Waals surface area contributed by atoms with Crippen molar-refractivity contribution >= 4 is 50.8 Å². The number of hydrogen-bond acceptors (Lipinski definition) is 7. The van der Waals surface area contributed by atoms with Crippen LogP contribution in [-0.2, 0) is 6.18 Å². The van der Waals surface area contributed by atoms with Crippen molar-refractivity contribution in [1.29, 1.82) is 0 Å². The molecule has 3 heterocycles. The molecule has 14 heteroatoms. The van der Waals surface area contributed by atoms with Crippen molar-refractivity contribution in [2.75, 3.05) is 11.9 Å². The maximum absolute atomic E-state index is 13.1. The highest BCUT2D eigenvalue weighted by atomic mass is 32.1. The first-order valence-corrected chi connectivity index (χ1v) is 12.8. The lowest BCUT2D eigenvalue weighted by molar-refractivity contribution is -0.140. The Labute approximate surface area is 221 Å². The number of amides is 1. The zero-order chi connectivity index (χ0) is 27.7. The van der Waals surface area contributed by atoms with Crippen LogP contribution in [0.1, 0.15) is 48.2 Å². The quantitative estimate of drug-likeness (QED) is 0.224. The monoisotopic (exact) mass is 572 g/mol. The van der Waals surface area contributed by atoms with Gasteiger partial charge in [0.05, 0.1) is 12.3 Å². The zero-order valence-corrected chi connectivity index (χ0v) is 21.8. The first-order valence-electron chi connectivity index (χ1n) is 11.0. The molecule has 0 saturated heterocycles. The summed E-state index contributed by atoms with van der Waals surface area (Å²) in [5, 5.41) is 4.66. The van der Waals surface area contributed by atoms with E-state index < -0.39 is 24.4 Å². The molecule has 38 heavy (non-hydrogen) atoms. The van der Waals surface area contributed by atoms with Crippen LogP contribution in [0.4, 0.5) is 27.1 Å². The van der Waals surface area contributed by atoms with Gasteiger partial charge in [-0.25, -0.2) is 9.97 Å². The number of ether oxygens (including phenoxy) is 2. The molecular formula is C24H21F5N4O3S2. The zero-order valence-electron chi connectivity index (χ0n) is 20.2. The van der Waals surface area contributed by atoms with Crippen LogP contribution in [0.15, 0.2) is 35.2 Å². The Hall–Kier alpha value is -3.52. The van der Waals surface area contributed by atoms with Gasteiger partial charge in [0.1, 0.15) is 5.69 Å². The summed E-state index contributed by atoms with van der Waals surface area (Å²) in [6, 6.07) is 4.50. The summed E-state index contributed by atoms with van der Waals surface area (Å²) in [7, 11) is 0. The third kappa shape index (κ3) is 6.48. The molecule has 0 aliphatic carbocycles. The van der Waals surface area contributed by atoms with E-state index in [1.54, 1.807) is 17.6 Å². The molecule has 0 aliphatic rings. The van der Waals surface area contributed by atoms with Crippen LogP contribution in [0.25, 0.3) is 17.1 Å². The first-order chi connectivity index (χ1) is 17.8. The van der Waals surface area contributed by atoms with Crippen molar-refractivity contribution < 1.29 is 36.2 Å². The van der Waals surface area contributed by atoms with Crippen molar-refractivity contribution in [1.82, 2.24) is 14.4 Å². The number of anilines is 1. The lowest BCUT2D eigenvalue weighted by Gasteiger charge is -2.21. The van der Waals surface area contributed by atoms with Gasteiger partial charge in [0.2, 0.25) is 0 Å². The van der Waals surface area contributed by atoms with E-state index in [4.69, 9.17) is 4.74 Å². The molecule has 4 aromatic rings. The van der Waals surface area contributed by atoms with E-state index in [-0.39, 0.29) is 40.0 Å². The number of hydrogen-bond donors (Lipinski definition) is 1. The van der Waals surface area contributed by atoms with Crippen LogP contribution in [0, 0.1) is 5.41 Å². The standard InChI is InChI=1S/C24H21F5N4O3S2/c1-23(2,3)12-35-18-13(5-4-6-15(18)36-20(25)26)7-8-14-17(33-9-10-37-22(33)30-14)19(34)32-21-31-16(11-38-21)24(27,28)29/h4-11,20H,12H2,1-3H3,(H,31,32,34). The first kappa shape index (κ1) is 27.5. The second kappa shape index (κ2) is 10.7. The van der Waals surface area contributed by atoms with Crippen LogP contribution < -0.4 is 14.8 Å². The Morgan fingerprint density at radius 3 is 2.58 bits per heavy atom. The van der Waals surface area contributed by atoms with E-state index in [0.29, 0.717) is 21.9 Å². The van der Waals surface area contributed by atoms with Crippen molar-refractivity contribution in [3.05, 3.63) is 57.8 Å². The smallest absolute Gasteiger partial charge is 0.434 e. The van der Waals surface area contributed by atoms with Crippen LogP contribution in [0.3, 0.4) is 0 Å². The fourth-order valence-corrected chi connectivity index (χ4v) is 4.66. The van der Waals surface area contributed by atoms with E-state index in [2.05, 4.69) is 20.0 Å². The van der Waals surface area contributed by atoms with Crippen LogP contribution in [0.5, 0.6) is 11.5 Å². The number of thiazole rings is 2. The summed E-state index contributed by atoms with van der Waals surface area (Å²) in [5.41, 5.74) is -0.743. The van der Waals surface area contributed by atoms with Gasteiger partial charge in [-0.3, -0.25) is 14.5 Å². The molecule has 202 valence electrons. The van der Waals surface area contributed by atoms with Gasteiger partial charge in [-0.05, 0) is 23.6 Å². The van der Waals surface area contributed by atoms with Gasteiger partial charge in [0, 0.05) is 22.5 Å². The summed E-state index contributed by atoms with van der Waals surface area (Å²) >= 11 is 1.89. The minimum Gasteiger partial charge on any atom is -0.489 e. The predicted molar refractivity (Wildman–Crippen MR) is 135 cm³/mol. The number of imidazole rings is 1. The van der Waals surface area contributed by atoms with Crippen LogP contribution in [0.2, 0.25) is 0 Å². The minimum absolute atomic E-state index is 0.0541. The van der Waals surface area contributed by atoms with Gasteiger partial charge < -0.3 is 9.47 Å². The van der Waals surface area contributed by atoms with E-state index >= 15 is 0 Å². The number of nitrogens with zero attached hydrogens (tertiary/aromatic N) is 3. The van der Waals surface area contributed by atoms with Gasteiger partial charge in [-0.1, -0.05) is 32.9 Å². The number of alkyl halides is 5. The number of carbonyl (C=O) groups excluding carboxylic acids is 1. The maximum atomic E-state index is 13.1. The Morgan fingerprint density at radius 2 is 1.92 bits per heavy atom. The van der Waals surface area contributed by atoms with E-state index in [9.17, 15) is 26.7 Å². The fraction of sp³-hybridized carbons (Fsp3) is 0.292. The average molecular weight is 573 g/mol. The molecule has 0 atom stereocenters. The molecule has 0 spiro atoms. The number of rotatable bonds is 8. The molecule has 0 fully saturated rings. The number of benzene rings is 1. The highest BCUT2D eigenvalue weighted by Gasteiger charge is 2.34. The van der Waals surface area contributed by atoms with Gasteiger partial charge in [0.25, 0.3) is 5.91 Å². The van der Waals surface area contributed by atoms with Gasteiger partial charge in [-0.2, -0.15) is 22.0 Å². The van der Waals surface area contributed by atoms with Crippen molar-refractivity contribution in [3.8, 4) is 11.5 Å². The second-order valence-electron chi connectivity index (χ2n) is 9.13. The number of halogens is 5. The van der Waals surface area contributed by atoms with E-state index in [0.717, 1.165) is 5.38 Å². The molecule has 0 aliphatic heterocycles. The van der Waals surface area contributed by atoms with Gasteiger partial charge in [-0.15, -0.1) is 22.7 Å². The van der Waals surface area contributed by atoms with Crippen molar-refractivity contribution in [3.63, 3.8) is 0 Å². The van der Waals surface area contributed by atoms with Gasteiger partial charge in [0.15, 0.2) is 27.3 Å². The SMILES string of the molecule is CC(C)(C)COc1c(C=Cc2nc3sccn3c2C(=O)Nc2nc(C(F)(F)F)cs2)cccc1OC(F)F. The molecule has 0 unspecified atom stereocenters. The third-order valence-corrected chi connectivity index (χ3v) is 6.33. The number of fused-ring (bicyclic) bond motifs is 1. The average Bonchev–Trinajstić information content (AvgIpc) is 3.51. The lowest BCUT2D eigenvalue weighted by Crippen LogP contribution is -2.18. The summed E-state index contributed by atoms with van der Waals surface area (Å²) in [6.45, 7) is 2.90. The molecule has 1 amide bonds. The molecule has 7 nitrogen and oxygen atoms in total. The maximum Gasteiger partial charge on any atom is 0.434 e. The van der Waals surface area contributed by atoms with Crippen molar-refractivity contribution in [2.45, 2.75) is 33.6 Å². The van der Waals surface area contributed by atoms with Crippen molar-refractivity contribution in [2.24, 2.45) is 5.41 Å². The highest BCUT2D eigenvalue weighted by Crippen LogP contribution is 2.36. The number of para-hydroxylation sites is 1. The summed E-state index contributed by atoms with van der Waals surface area (Å²) in [6.07, 6.45) is -0.0229. The normalized spacial score (nSPS) is 12.6. The molecular weight excluding hydrogens is 551 g/mol. The molecule has 0 saturated carbocycles. The lowest BCUT2D eigenvalue weighted by atomic mass is 9.98. The molecule has 0 bridgehead atoms. The predicted octanol–water partition coefficient (Wildman–Crippen LogP) is 7.32. The largest absolute Gasteiger partial charge is 0.489 e. The van der Waals surface area contributed by atoms with Crippen LogP contribution in [-0.4, -0.2) is 33.5 Å². The second-order valence-corrected chi connectivity index (χ2v) is 10.9. The Bertz CT molecular complexity index is 1470. The molecule has 0 radical (unpaired) electrons. The Balaban J connectivity index is 1.68. The fourth-order valence-electron chi connectivity index (χ4n) is 3.23. The number of carbonyl (C=O) groups is 1. The third-order valence-electron chi connectivity index (χ3n) is 4.81. The summed E-state index contributed by atoms with van der Waals surface area (Å²) in [5.74, 6) is -0.787. The number of aromatic nitrogens is 3. The topological polar surface area (TPSA) is 77.8 Å². The Kier molecular flexibility index (Phi) is 7.74. The van der Waals surface area contributed by atoms with E-state index in [1.807, 2.05) is 20.8 Å². The van der Waals surface area contributed by atoms with E-state index in [1.165, 1.54) is 40.0 Å². The highest BCUT2D eigenvalue weighted by molar-refractivity contribution is 7.15. The summed E-state index contributed by atoms with van der Waals surface area (Å²) < 4.78 is 76.7. The minimum atomic E-state index is -4.64. The molecule has 1 aromatic carbocycles.